The van der Waals surface area contributed by atoms with E-state index in [0.29, 0.717) is 17.7 Å². The van der Waals surface area contributed by atoms with Gasteiger partial charge in [0.2, 0.25) is 0 Å². The van der Waals surface area contributed by atoms with Crippen LogP contribution in [0, 0.1) is 5.82 Å². The fourth-order valence-corrected chi connectivity index (χ4v) is 3.10. The first kappa shape index (κ1) is 19.3. The molecule has 0 aliphatic carbocycles. The third kappa shape index (κ3) is 4.09. The lowest BCUT2D eigenvalue weighted by Gasteiger charge is -2.26. The van der Waals surface area contributed by atoms with E-state index in [1.54, 1.807) is 18.2 Å². The van der Waals surface area contributed by atoms with E-state index >= 15 is 0 Å². The van der Waals surface area contributed by atoms with Gasteiger partial charge in [0.1, 0.15) is 5.82 Å². The van der Waals surface area contributed by atoms with Crippen LogP contribution in [-0.4, -0.2) is 17.0 Å². The highest BCUT2D eigenvalue weighted by Gasteiger charge is 2.23. The fraction of sp³-hybridized carbons (Fsp3) is 0.130. The fourth-order valence-electron chi connectivity index (χ4n) is 3.10. The predicted octanol–water partition coefficient (Wildman–Crippen LogP) is 4.93. The topological polar surface area (TPSA) is 57.6 Å². The van der Waals surface area contributed by atoms with Gasteiger partial charge in [-0.25, -0.2) is 9.18 Å². The van der Waals surface area contributed by atoms with Crippen molar-refractivity contribution in [3.63, 3.8) is 0 Å². The Bertz CT molecular complexity index is 1020. The number of nitrogens with zero attached hydrogens (tertiary/aromatic N) is 1. The minimum atomic E-state index is -1.04. The predicted molar refractivity (Wildman–Crippen MR) is 106 cm³/mol. The Balaban J connectivity index is 2.07. The second-order valence-corrected chi connectivity index (χ2v) is 6.36. The van der Waals surface area contributed by atoms with E-state index in [1.165, 1.54) is 35.2 Å². The molecule has 0 fully saturated rings. The van der Waals surface area contributed by atoms with E-state index in [2.05, 4.69) is 0 Å². The lowest BCUT2D eigenvalue weighted by molar-refractivity contribution is 0.0696. The van der Waals surface area contributed by atoms with Crippen LogP contribution < -0.4 is 4.90 Å². The summed E-state index contributed by atoms with van der Waals surface area (Å²) in [5, 5.41) is 9.24. The Morgan fingerprint density at radius 2 is 1.68 bits per heavy atom. The van der Waals surface area contributed by atoms with Gasteiger partial charge in [0.25, 0.3) is 5.91 Å². The van der Waals surface area contributed by atoms with Gasteiger partial charge in [-0.2, -0.15) is 0 Å². The van der Waals surface area contributed by atoms with Crippen LogP contribution in [-0.2, 0) is 13.0 Å². The van der Waals surface area contributed by atoms with Crippen molar-refractivity contribution in [2.24, 2.45) is 0 Å². The van der Waals surface area contributed by atoms with Crippen LogP contribution in [0.4, 0.5) is 10.1 Å². The minimum Gasteiger partial charge on any atom is -0.478 e. The van der Waals surface area contributed by atoms with Crippen LogP contribution in [0.2, 0.25) is 0 Å². The van der Waals surface area contributed by atoms with Crippen molar-refractivity contribution in [3.05, 3.63) is 101 Å². The van der Waals surface area contributed by atoms with Gasteiger partial charge >= 0.3 is 5.97 Å². The number of aryl methyl sites for hydroxylation is 1. The van der Waals surface area contributed by atoms with Crippen molar-refractivity contribution in [1.29, 1.82) is 0 Å². The molecule has 28 heavy (non-hydrogen) atoms. The number of para-hydroxylation sites is 1. The molecule has 0 radical (unpaired) electrons. The summed E-state index contributed by atoms with van der Waals surface area (Å²) in [5.41, 5.74) is 2.39. The molecule has 0 aromatic heterocycles. The van der Waals surface area contributed by atoms with Gasteiger partial charge in [0.15, 0.2) is 0 Å². The first-order valence-electron chi connectivity index (χ1n) is 8.97. The number of aromatic carboxylic acids is 1. The summed E-state index contributed by atoms with van der Waals surface area (Å²) in [5.74, 6) is -2.10. The number of carboxylic acid groups (broad SMARTS) is 1. The van der Waals surface area contributed by atoms with Gasteiger partial charge in [0, 0.05) is 5.69 Å². The molecule has 0 aliphatic heterocycles. The SMILES string of the molecule is CCc1ccccc1N(Cc1cccc(C(=O)O)c1)C(=O)c1ccccc1F. The maximum absolute atomic E-state index is 14.3. The average molecular weight is 377 g/mol. The molecule has 0 heterocycles. The van der Waals surface area contributed by atoms with Crippen molar-refractivity contribution in [1.82, 2.24) is 0 Å². The molecule has 3 aromatic rings. The number of amides is 1. The number of halogens is 1. The molecule has 4 nitrogen and oxygen atoms in total. The van der Waals surface area contributed by atoms with Crippen LogP contribution in [0.5, 0.6) is 0 Å². The number of carbonyl (C=O) groups is 2. The highest BCUT2D eigenvalue weighted by atomic mass is 19.1. The Hall–Kier alpha value is -3.47. The van der Waals surface area contributed by atoms with Crippen LogP contribution in [0.1, 0.15) is 38.8 Å². The molecule has 0 atom stereocenters. The van der Waals surface area contributed by atoms with Crippen molar-refractivity contribution < 1.29 is 19.1 Å². The normalized spacial score (nSPS) is 10.5. The number of benzene rings is 3. The summed E-state index contributed by atoms with van der Waals surface area (Å²) in [6.45, 7) is 2.11. The molecule has 1 amide bonds. The molecular weight excluding hydrogens is 357 g/mol. The van der Waals surface area contributed by atoms with Gasteiger partial charge in [-0.1, -0.05) is 49.4 Å². The Morgan fingerprint density at radius 1 is 0.964 bits per heavy atom. The molecule has 0 bridgehead atoms. The van der Waals surface area contributed by atoms with E-state index in [1.807, 2.05) is 31.2 Å². The van der Waals surface area contributed by atoms with Crippen LogP contribution in [0.25, 0.3) is 0 Å². The molecule has 142 valence electrons. The molecule has 0 saturated carbocycles. The third-order valence-corrected chi connectivity index (χ3v) is 4.53. The van der Waals surface area contributed by atoms with Gasteiger partial charge < -0.3 is 10.0 Å². The van der Waals surface area contributed by atoms with Crippen molar-refractivity contribution in [3.8, 4) is 0 Å². The first-order chi connectivity index (χ1) is 13.5. The highest BCUT2D eigenvalue weighted by molar-refractivity contribution is 6.06. The minimum absolute atomic E-state index is 0.0252. The van der Waals surface area contributed by atoms with Gasteiger partial charge in [-0.3, -0.25) is 4.79 Å². The molecule has 3 aromatic carbocycles. The molecule has 5 heteroatoms. The van der Waals surface area contributed by atoms with Crippen molar-refractivity contribution in [2.45, 2.75) is 19.9 Å². The highest BCUT2D eigenvalue weighted by Crippen LogP contribution is 2.26. The maximum Gasteiger partial charge on any atom is 0.335 e. The third-order valence-electron chi connectivity index (χ3n) is 4.53. The average Bonchev–Trinajstić information content (AvgIpc) is 2.72. The van der Waals surface area contributed by atoms with Crippen LogP contribution in [0.3, 0.4) is 0 Å². The summed E-state index contributed by atoms with van der Waals surface area (Å²) in [7, 11) is 0. The summed E-state index contributed by atoms with van der Waals surface area (Å²) in [6.07, 6.45) is 0.701. The number of hydrogen-bond donors (Lipinski definition) is 1. The quantitative estimate of drug-likeness (QED) is 0.662. The van der Waals surface area contributed by atoms with E-state index in [9.17, 15) is 19.1 Å². The molecule has 3 rings (SSSR count). The molecule has 0 spiro atoms. The van der Waals surface area contributed by atoms with Gasteiger partial charge in [-0.05, 0) is 47.9 Å². The van der Waals surface area contributed by atoms with Crippen molar-refractivity contribution >= 4 is 17.6 Å². The smallest absolute Gasteiger partial charge is 0.335 e. The number of rotatable bonds is 6. The molecule has 0 aliphatic rings. The lowest BCUT2D eigenvalue weighted by Crippen LogP contribution is -2.32. The van der Waals surface area contributed by atoms with Gasteiger partial charge in [0.05, 0.1) is 17.7 Å². The van der Waals surface area contributed by atoms with Crippen LogP contribution >= 0.6 is 0 Å². The standard InChI is InChI=1S/C23H20FNO3/c1-2-17-9-3-6-13-21(17)25(22(26)19-11-4-5-12-20(19)24)15-16-8-7-10-18(14-16)23(27)28/h3-14H,2,15H2,1H3,(H,27,28). The lowest BCUT2D eigenvalue weighted by atomic mass is 10.1. The zero-order chi connectivity index (χ0) is 20.1. The Labute approximate surface area is 162 Å². The zero-order valence-corrected chi connectivity index (χ0v) is 15.4. The van der Waals surface area contributed by atoms with E-state index in [4.69, 9.17) is 0 Å². The second kappa shape index (κ2) is 8.48. The number of anilines is 1. The van der Waals surface area contributed by atoms with E-state index in [0.717, 1.165) is 5.56 Å². The van der Waals surface area contributed by atoms with E-state index in [-0.39, 0.29) is 17.7 Å². The number of carbonyl (C=O) groups excluding carboxylic acids is 1. The monoisotopic (exact) mass is 377 g/mol. The van der Waals surface area contributed by atoms with Gasteiger partial charge in [-0.15, -0.1) is 0 Å². The maximum atomic E-state index is 14.3. The Morgan fingerprint density at radius 3 is 2.39 bits per heavy atom. The molecule has 1 N–H and O–H groups in total. The Kier molecular flexibility index (Phi) is 5.84. The zero-order valence-electron chi connectivity index (χ0n) is 15.4. The largest absolute Gasteiger partial charge is 0.478 e. The second-order valence-electron chi connectivity index (χ2n) is 6.36. The summed E-state index contributed by atoms with van der Waals surface area (Å²) in [6, 6.07) is 19.7. The summed E-state index contributed by atoms with van der Waals surface area (Å²) in [4.78, 5) is 26.0. The summed E-state index contributed by atoms with van der Waals surface area (Å²) >= 11 is 0. The van der Waals surface area contributed by atoms with E-state index < -0.39 is 17.7 Å². The summed E-state index contributed by atoms with van der Waals surface area (Å²) < 4.78 is 14.3. The first-order valence-corrected chi connectivity index (χ1v) is 8.97. The van der Waals surface area contributed by atoms with Crippen molar-refractivity contribution in [2.75, 3.05) is 4.90 Å². The number of carboxylic acids is 1. The van der Waals surface area contributed by atoms with Crippen LogP contribution in [0.15, 0.2) is 72.8 Å². The number of hydrogen-bond acceptors (Lipinski definition) is 2. The molecule has 0 unspecified atom stereocenters. The molecular formula is C23H20FNO3. The molecule has 0 saturated heterocycles.